The second-order valence-corrected chi connectivity index (χ2v) is 4.43. The number of aryl methyl sites for hydroxylation is 1. The van der Waals surface area contributed by atoms with Gasteiger partial charge in [-0.2, -0.15) is 0 Å². The summed E-state index contributed by atoms with van der Waals surface area (Å²) in [5.74, 6) is 0. The van der Waals surface area contributed by atoms with Crippen molar-refractivity contribution in [3.8, 4) is 0 Å². The van der Waals surface area contributed by atoms with E-state index in [-0.39, 0.29) is 18.7 Å². The summed E-state index contributed by atoms with van der Waals surface area (Å²) in [5.41, 5.74) is 2.31. The van der Waals surface area contributed by atoms with E-state index in [1.165, 1.54) is 10.5 Å². The molecule has 18 heavy (non-hydrogen) atoms. The van der Waals surface area contributed by atoms with Crippen molar-refractivity contribution >= 4 is 6.03 Å². The summed E-state index contributed by atoms with van der Waals surface area (Å²) < 4.78 is 0. The van der Waals surface area contributed by atoms with Gasteiger partial charge in [0.25, 0.3) is 0 Å². The number of carbonyl (C=O) groups is 1. The van der Waals surface area contributed by atoms with Crippen LogP contribution >= 0.6 is 0 Å². The Hall–Kier alpha value is -1.62. The molecule has 5 nitrogen and oxygen atoms in total. The van der Waals surface area contributed by atoms with Gasteiger partial charge in [-0.25, -0.2) is 4.79 Å². The fraction of sp³-hybridized carbons (Fsp3) is 0.538. The minimum absolute atomic E-state index is 0.0343. The van der Waals surface area contributed by atoms with E-state index in [2.05, 4.69) is 10.3 Å². The van der Waals surface area contributed by atoms with E-state index < -0.39 is 0 Å². The van der Waals surface area contributed by atoms with Gasteiger partial charge in [0, 0.05) is 26.0 Å². The number of aliphatic hydroxyl groups is 1. The number of nitrogens with one attached hydrogen (secondary N) is 1. The lowest BCUT2D eigenvalue weighted by Gasteiger charge is -2.23. The fourth-order valence-electron chi connectivity index (χ4n) is 1.53. The Labute approximate surface area is 108 Å². The highest BCUT2D eigenvalue weighted by atomic mass is 16.3. The van der Waals surface area contributed by atoms with E-state index in [9.17, 15) is 4.79 Å². The molecule has 100 valence electrons. The molecule has 1 aromatic heterocycles. The van der Waals surface area contributed by atoms with Gasteiger partial charge in [-0.3, -0.25) is 4.98 Å². The van der Waals surface area contributed by atoms with Crippen LogP contribution in [0.4, 0.5) is 4.79 Å². The average Bonchev–Trinajstić information content (AvgIpc) is 2.39. The Bertz CT molecular complexity index is 396. The summed E-state index contributed by atoms with van der Waals surface area (Å²) in [4.78, 5) is 17.2. The summed E-state index contributed by atoms with van der Waals surface area (Å²) in [6.45, 7) is 4.34. The van der Waals surface area contributed by atoms with Crippen LogP contribution < -0.4 is 5.32 Å². The molecule has 5 heteroatoms. The van der Waals surface area contributed by atoms with Gasteiger partial charge >= 0.3 is 6.03 Å². The van der Waals surface area contributed by atoms with E-state index >= 15 is 0 Å². The van der Waals surface area contributed by atoms with Crippen molar-refractivity contribution in [1.29, 1.82) is 0 Å². The first-order valence-electron chi connectivity index (χ1n) is 6.07. The van der Waals surface area contributed by atoms with Crippen LogP contribution in [0.25, 0.3) is 0 Å². The van der Waals surface area contributed by atoms with Crippen LogP contribution in [0.15, 0.2) is 18.5 Å². The molecule has 2 N–H and O–H groups in total. The van der Waals surface area contributed by atoms with Crippen molar-refractivity contribution < 1.29 is 9.90 Å². The Balaban J connectivity index is 2.38. The van der Waals surface area contributed by atoms with Crippen LogP contribution in [0, 0.1) is 6.92 Å². The second-order valence-electron chi connectivity index (χ2n) is 4.43. The standard InChI is InChI=1S/C13H21N3O2/c1-10-8-14-6-4-12(10)5-7-15-13(18)16(3)11(2)9-17/h4,6,8,11,17H,5,7,9H2,1-3H3,(H,15,18). The predicted molar refractivity (Wildman–Crippen MR) is 70.4 cm³/mol. The van der Waals surface area contributed by atoms with E-state index in [4.69, 9.17) is 5.11 Å². The van der Waals surface area contributed by atoms with Crippen molar-refractivity contribution in [3.05, 3.63) is 29.6 Å². The van der Waals surface area contributed by atoms with E-state index in [1.807, 2.05) is 19.2 Å². The second kappa shape index (κ2) is 6.96. The fourth-order valence-corrected chi connectivity index (χ4v) is 1.53. The van der Waals surface area contributed by atoms with Gasteiger partial charge in [0.15, 0.2) is 0 Å². The number of hydrogen-bond acceptors (Lipinski definition) is 3. The third-order valence-electron chi connectivity index (χ3n) is 3.05. The molecule has 0 aliphatic rings. The summed E-state index contributed by atoms with van der Waals surface area (Å²) in [6.07, 6.45) is 4.35. The molecule has 0 saturated heterocycles. The van der Waals surface area contributed by atoms with Crippen LogP contribution in [0.2, 0.25) is 0 Å². The van der Waals surface area contributed by atoms with Crippen molar-refractivity contribution in [1.82, 2.24) is 15.2 Å². The lowest BCUT2D eigenvalue weighted by atomic mass is 10.1. The van der Waals surface area contributed by atoms with Gasteiger partial charge in [0.05, 0.1) is 12.6 Å². The number of amides is 2. The van der Waals surface area contributed by atoms with Crippen molar-refractivity contribution in [2.75, 3.05) is 20.2 Å². The number of rotatable bonds is 5. The molecule has 0 aliphatic carbocycles. The molecule has 0 radical (unpaired) electrons. The smallest absolute Gasteiger partial charge is 0.317 e. The van der Waals surface area contributed by atoms with Gasteiger partial charge in [-0.15, -0.1) is 0 Å². The number of nitrogens with zero attached hydrogens (tertiary/aromatic N) is 2. The molecule has 1 unspecified atom stereocenters. The number of pyridine rings is 1. The van der Waals surface area contributed by atoms with E-state index in [0.29, 0.717) is 6.54 Å². The summed E-state index contributed by atoms with van der Waals surface area (Å²) in [7, 11) is 1.67. The van der Waals surface area contributed by atoms with Crippen molar-refractivity contribution in [2.24, 2.45) is 0 Å². The molecule has 0 fully saturated rings. The molecule has 1 atom stereocenters. The molecule has 1 rings (SSSR count). The highest BCUT2D eigenvalue weighted by Gasteiger charge is 2.13. The molecule has 1 aromatic rings. The van der Waals surface area contributed by atoms with Gasteiger partial charge in [-0.1, -0.05) is 0 Å². The normalized spacial score (nSPS) is 12.0. The SMILES string of the molecule is Cc1cnccc1CCNC(=O)N(C)C(C)CO. The molecular weight excluding hydrogens is 230 g/mol. The van der Waals surface area contributed by atoms with Crippen LogP contribution in [0.5, 0.6) is 0 Å². The minimum atomic E-state index is -0.173. The zero-order valence-electron chi connectivity index (χ0n) is 11.2. The van der Waals surface area contributed by atoms with Crippen LogP contribution in [-0.2, 0) is 6.42 Å². The zero-order chi connectivity index (χ0) is 13.5. The first-order valence-corrected chi connectivity index (χ1v) is 6.07. The van der Waals surface area contributed by atoms with Crippen LogP contribution in [0.3, 0.4) is 0 Å². The van der Waals surface area contributed by atoms with Crippen LogP contribution in [0.1, 0.15) is 18.1 Å². The third kappa shape index (κ3) is 4.00. The maximum atomic E-state index is 11.7. The molecule has 0 saturated carbocycles. The van der Waals surface area contributed by atoms with Crippen LogP contribution in [-0.4, -0.2) is 47.3 Å². The predicted octanol–water partition coefficient (Wildman–Crippen LogP) is 0.955. The monoisotopic (exact) mass is 251 g/mol. The van der Waals surface area contributed by atoms with Crippen molar-refractivity contribution in [2.45, 2.75) is 26.3 Å². The highest BCUT2D eigenvalue weighted by molar-refractivity contribution is 5.74. The molecule has 1 heterocycles. The highest BCUT2D eigenvalue weighted by Crippen LogP contribution is 2.05. The Kier molecular flexibility index (Phi) is 5.58. The third-order valence-corrected chi connectivity index (χ3v) is 3.05. The lowest BCUT2D eigenvalue weighted by molar-refractivity contribution is 0.157. The largest absolute Gasteiger partial charge is 0.394 e. The molecular formula is C13H21N3O2. The van der Waals surface area contributed by atoms with Gasteiger partial charge in [0.1, 0.15) is 0 Å². The Morgan fingerprint density at radius 2 is 2.33 bits per heavy atom. The number of likely N-dealkylation sites (N-methyl/N-ethyl adjacent to an activating group) is 1. The minimum Gasteiger partial charge on any atom is -0.394 e. The topological polar surface area (TPSA) is 65.5 Å². The quantitative estimate of drug-likeness (QED) is 0.819. The zero-order valence-corrected chi connectivity index (χ0v) is 11.2. The molecule has 0 spiro atoms. The average molecular weight is 251 g/mol. The van der Waals surface area contributed by atoms with Gasteiger partial charge in [0.2, 0.25) is 0 Å². The maximum absolute atomic E-state index is 11.7. The van der Waals surface area contributed by atoms with E-state index in [1.54, 1.807) is 20.2 Å². The van der Waals surface area contributed by atoms with E-state index in [0.717, 1.165) is 12.0 Å². The molecule has 0 aromatic carbocycles. The number of urea groups is 1. The summed E-state index contributed by atoms with van der Waals surface area (Å²) >= 11 is 0. The Morgan fingerprint density at radius 1 is 1.61 bits per heavy atom. The first kappa shape index (κ1) is 14.4. The Morgan fingerprint density at radius 3 is 2.94 bits per heavy atom. The number of aromatic nitrogens is 1. The lowest BCUT2D eigenvalue weighted by Crippen LogP contribution is -2.44. The summed E-state index contributed by atoms with van der Waals surface area (Å²) in [6, 6.07) is 1.62. The molecule has 2 amide bonds. The maximum Gasteiger partial charge on any atom is 0.317 e. The number of hydrogen-bond donors (Lipinski definition) is 2. The molecule has 0 aliphatic heterocycles. The number of carbonyl (C=O) groups excluding carboxylic acids is 1. The number of aliphatic hydroxyl groups excluding tert-OH is 1. The van der Waals surface area contributed by atoms with Gasteiger partial charge < -0.3 is 15.3 Å². The van der Waals surface area contributed by atoms with Gasteiger partial charge in [-0.05, 0) is 37.5 Å². The molecule has 0 bridgehead atoms. The first-order chi connectivity index (χ1) is 8.56. The van der Waals surface area contributed by atoms with Crippen molar-refractivity contribution in [3.63, 3.8) is 0 Å². The summed E-state index contributed by atoms with van der Waals surface area (Å²) in [5, 5.41) is 11.8.